The van der Waals surface area contributed by atoms with Crippen LogP contribution in [0, 0.1) is 13.8 Å². The van der Waals surface area contributed by atoms with Crippen molar-refractivity contribution in [3.05, 3.63) is 68.5 Å². The molecular weight excluding hydrogens is 361 g/mol. The van der Waals surface area contributed by atoms with Crippen LogP contribution in [0.2, 0.25) is 10.0 Å². The highest BCUT2D eigenvalue weighted by atomic mass is 35.5. The van der Waals surface area contributed by atoms with Crippen molar-refractivity contribution < 1.29 is 0 Å². The lowest BCUT2D eigenvalue weighted by molar-refractivity contribution is 1.28. The molecule has 0 aliphatic heterocycles. The molecule has 0 unspecified atom stereocenters. The molecule has 0 aliphatic carbocycles. The number of thiazole rings is 1. The third-order valence-electron chi connectivity index (χ3n) is 3.52. The van der Waals surface area contributed by atoms with Gasteiger partial charge in [-0.05, 0) is 31.5 Å². The van der Waals surface area contributed by atoms with Crippen molar-refractivity contribution in [3.8, 4) is 11.3 Å². The molecule has 0 radical (unpaired) electrons. The Morgan fingerprint density at radius 3 is 2.58 bits per heavy atom. The van der Waals surface area contributed by atoms with Gasteiger partial charge in [0.25, 0.3) is 0 Å². The normalized spacial score (nSPS) is 11.2. The number of nitrogens with one attached hydrogen (secondary N) is 1. The molecule has 1 N–H and O–H groups in total. The van der Waals surface area contributed by atoms with Crippen LogP contribution in [-0.4, -0.2) is 11.2 Å². The van der Waals surface area contributed by atoms with Crippen LogP contribution in [-0.2, 0) is 0 Å². The van der Waals surface area contributed by atoms with E-state index in [1.165, 1.54) is 22.5 Å². The molecule has 3 rings (SSSR count). The number of anilines is 1. The Balaban J connectivity index is 1.76. The zero-order valence-corrected chi connectivity index (χ0v) is 15.5. The summed E-state index contributed by atoms with van der Waals surface area (Å²) >= 11 is 13.7. The van der Waals surface area contributed by atoms with E-state index in [1.54, 1.807) is 24.4 Å². The molecule has 0 spiro atoms. The maximum Gasteiger partial charge on any atom is 0.203 e. The minimum Gasteiger partial charge on any atom is -0.253 e. The predicted molar refractivity (Wildman–Crippen MR) is 105 cm³/mol. The molecule has 0 amide bonds. The topological polar surface area (TPSA) is 37.3 Å². The van der Waals surface area contributed by atoms with E-state index >= 15 is 0 Å². The maximum atomic E-state index is 6.11. The summed E-state index contributed by atoms with van der Waals surface area (Å²) in [6, 6.07) is 11.7. The van der Waals surface area contributed by atoms with Crippen molar-refractivity contribution in [2.75, 3.05) is 5.43 Å². The second kappa shape index (κ2) is 7.34. The molecule has 0 bridgehead atoms. The molecule has 1 heterocycles. The van der Waals surface area contributed by atoms with E-state index in [1.807, 2.05) is 5.38 Å². The van der Waals surface area contributed by atoms with Gasteiger partial charge >= 0.3 is 0 Å². The zero-order valence-electron chi connectivity index (χ0n) is 13.2. The van der Waals surface area contributed by atoms with Crippen molar-refractivity contribution in [2.24, 2.45) is 5.10 Å². The van der Waals surface area contributed by atoms with Crippen molar-refractivity contribution in [1.82, 2.24) is 4.98 Å². The Labute approximate surface area is 155 Å². The summed E-state index contributed by atoms with van der Waals surface area (Å²) in [6.45, 7) is 4.17. The average molecular weight is 376 g/mol. The van der Waals surface area contributed by atoms with Gasteiger partial charge in [0.15, 0.2) is 0 Å². The number of hydrogen-bond donors (Lipinski definition) is 1. The molecule has 3 aromatic rings. The van der Waals surface area contributed by atoms with E-state index in [0.29, 0.717) is 20.7 Å². The molecular formula is C18H15Cl2N3S. The molecule has 0 fully saturated rings. The second-order valence-corrected chi connectivity index (χ2v) is 7.03. The number of aryl methyl sites for hydroxylation is 2. The van der Waals surface area contributed by atoms with Gasteiger partial charge in [0.1, 0.15) is 0 Å². The molecule has 0 atom stereocenters. The van der Waals surface area contributed by atoms with E-state index < -0.39 is 0 Å². The first-order valence-corrected chi connectivity index (χ1v) is 8.94. The Kier molecular flexibility index (Phi) is 5.19. The molecule has 0 saturated carbocycles. The molecule has 122 valence electrons. The molecule has 6 heteroatoms. The van der Waals surface area contributed by atoms with E-state index in [0.717, 1.165) is 11.3 Å². The summed E-state index contributed by atoms with van der Waals surface area (Å²) in [5, 5.41) is 8.02. The molecule has 2 aromatic carbocycles. The highest BCUT2D eigenvalue weighted by molar-refractivity contribution is 7.14. The smallest absolute Gasteiger partial charge is 0.203 e. The maximum absolute atomic E-state index is 6.11. The largest absolute Gasteiger partial charge is 0.253 e. The highest BCUT2D eigenvalue weighted by Crippen LogP contribution is 2.28. The van der Waals surface area contributed by atoms with Crippen LogP contribution in [0.25, 0.3) is 11.3 Å². The lowest BCUT2D eigenvalue weighted by atomic mass is 10.0. The molecule has 1 aromatic heterocycles. The summed E-state index contributed by atoms with van der Waals surface area (Å²) in [7, 11) is 0. The summed E-state index contributed by atoms with van der Waals surface area (Å²) in [4.78, 5) is 4.57. The van der Waals surface area contributed by atoms with E-state index in [-0.39, 0.29) is 0 Å². The van der Waals surface area contributed by atoms with E-state index in [9.17, 15) is 0 Å². The first-order valence-electron chi connectivity index (χ1n) is 7.31. The van der Waals surface area contributed by atoms with Gasteiger partial charge in [-0.25, -0.2) is 4.98 Å². The lowest BCUT2D eigenvalue weighted by Gasteiger charge is -2.03. The molecule has 24 heavy (non-hydrogen) atoms. The fourth-order valence-electron chi connectivity index (χ4n) is 2.34. The van der Waals surface area contributed by atoms with Gasteiger partial charge in [0, 0.05) is 16.5 Å². The number of aromatic nitrogens is 1. The highest BCUT2D eigenvalue weighted by Gasteiger charge is 2.07. The minimum atomic E-state index is 0.558. The third-order valence-corrected chi connectivity index (χ3v) is 4.92. The van der Waals surface area contributed by atoms with Gasteiger partial charge in [-0.1, -0.05) is 53.0 Å². The number of rotatable bonds is 4. The monoisotopic (exact) mass is 375 g/mol. The number of hydrogen-bond acceptors (Lipinski definition) is 4. The minimum absolute atomic E-state index is 0.558. The number of nitrogens with zero attached hydrogens (tertiary/aromatic N) is 2. The standard InChI is InChI=1S/C18H15Cl2N3S/c1-11-6-7-13(12(2)8-11)17-10-24-18(22-17)23-21-9-14-15(19)4-3-5-16(14)20/h3-10H,1-2H3,(H,22,23)/b21-9-. The molecule has 0 saturated heterocycles. The van der Waals surface area contributed by atoms with Crippen LogP contribution >= 0.6 is 34.5 Å². The Hall–Kier alpha value is -1.88. The second-order valence-electron chi connectivity index (χ2n) is 5.36. The Bertz CT molecular complexity index is 883. The van der Waals surface area contributed by atoms with Crippen LogP contribution in [0.15, 0.2) is 46.9 Å². The van der Waals surface area contributed by atoms with Crippen LogP contribution in [0.1, 0.15) is 16.7 Å². The Morgan fingerprint density at radius 1 is 1.12 bits per heavy atom. The van der Waals surface area contributed by atoms with Crippen LogP contribution in [0.5, 0.6) is 0 Å². The number of halogens is 2. The quantitative estimate of drug-likeness (QED) is 0.436. The summed E-state index contributed by atoms with van der Waals surface area (Å²) < 4.78 is 0. The first kappa shape index (κ1) is 17.0. The summed E-state index contributed by atoms with van der Waals surface area (Å²) in [5.41, 5.74) is 8.12. The van der Waals surface area contributed by atoms with Gasteiger partial charge in [0.05, 0.1) is 22.0 Å². The van der Waals surface area contributed by atoms with Gasteiger partial charge in [0.2, 0.25) is 5.13 Å². The number of benzene rings is 2. The predicted octanol–water partition coefficient (Wildman–Crippen LogP) is 6.18. The first-order chi connectivity index (χ1) is 11.5. The number of hydrazone groups is 1. The fourth-order valence-corrected chi connectivity index (χ4v) is 3.49. The van der Waals surface area contributed by atoms with Gasteiger partial charge in [-0.3, -0.25) is 5.43 Å². The van der Waals surface area contributed by atoms with Gasteiger partial charge < -0.3 is 0 Å². The van der Waals surface area contributed by atoms with Crippen LogP contribution in [0.3, 0.4) is 0 Å². The molecule has 0 aliphatic rings. The summed E-state index contributed by atoms with van der Waals surface area (Å²) in [6.07, 6.45) is 1.60. The summed E-state index contributed by atoms with van der Waals surface area (Å²) in [5.74, 6) is 0. The van der Waals surface area contributed by atoms with Crippen molar-refractivity contribution in [2.45, 2.75) is 13.8 Å². The van der Waals surface area contributed by atoms with E-state index in [4.69, 9.17) is 23.2 Å². The zero-order chi connectivity index (χ0) is 17.1. The van der Waals surface area contributed by atoms with E-state index in [2.05, 4.69) is 47.6 Å². The SMILES string of the molecule is Cc1ccc(-c2csc(N/N=C\c3c(Cl)cccc3Cl)n2)c(C)c1. The molecule has 3 nitrogen and oxygen atoms in total. The van der Waals surface area contributed by atoms with Gasteiger partial charge in [-0.15, -0.1) is 11.3 Å². The van der Waals surface area contributed by atoms with Crippen molar-refractivity contribution >= 4 is 45.9 Å². The van der Waals surface area contributed by atoms with Crippen molar-refractivity contribution in [1.29, 1.82) is 0 Å². The average Bonchev–Trinajstić information content (AvgIpc) is 2.99. The van der Waals surface area contributed by atoms with Crippen LogP contribution in [0.4, 0.5) is 5.13 Å². The van der Waals surface area contributed by atoms with Crippen molar-refractivity contribution in [3.63, 3.8) is 0 Å². The lowest BCUT2D eigenvalue weighted by Crippen LogP contribution is -1.92. The third kappa shape index (κ3) is 3.78. The Morgan fingerprint density at radius 2 is 1.88 bits per heavy atom. The van der Waals surface area contributed by atoms with Crippen LogP contribution < -0.4 is 5.43 Å². The fraction of sp³-hybridized carbons (Fsp3) is 0.111. The van der Waals surface area contributed by atoms with Gasteiger partial charge in [-0.2, -0.15) is 5.10 Å².